The minimum atomic E-state index is -3.89. The van der Waals surface area contributed by atoms with Gasteiger partial charge in [-0.2, -0.15) is 4.31 Å². The van der Waals surface area contributed by atoms with Crippen molar-refractivity contribution in [2.45, 2.75) is 36.6 Å². The molecule has 1 aliphatic rings. The van der Waals surface area contributed by atoms with Crippen molar-refractivity contribution in [1.82, 2.24) is 4.31 Å². The fourth-order valence-corrected chi connectivity index (χ4v) is 6.34. The maximum absolute atomic E-state index is 12.9. The third-order valence-electron chi connectivity index (χ3n) is 6.04. The van der Waals surface area contributed by atoms with Crippen molar-refractivity contribution >= 4 is 45.0 Å². The average Bonchev–Trinajstić information content (AvgIpc) is 3.33. The monoisotopic (exact) mass is 531 g/mol. The number of Topliss-reactive ketones (excluding diaryl/α,β-unsaturated/α-hetero) is 1. The van der Waals surface area contributed by atoms with E-state index in [9.17, 15) is 23.1 Å². The largest absolute Gasteiger partial charge is 0.480 e. The minimum Gasteiger partial charge on any atom is -0.480 e. The van der Waals surface area contributed by atoms with E-state index in [0.717, 1.165) is 26.6 Å². The quantitative estimate of drug-likeness (QED) is 0.428. The fourth-order valence-electron chi connectivity index (χ4n) is 4.21. The first kappa shape index (κ1) is 25.4. The Labute approximate surface area is 214 Å². The van der Waals surface area contributed by atoms with E-state index in [2.05, 4.69) is 0 Å². The zero-order valence-electron chi connectivity index (χ0n) is 18.7. The van der Waals surface area contributed by atoms with Gasteiger partial charge in [0.15, 0.2) is 0 Å². The lowest BCUT2D eigenvalue weighted by molar-refractivity contribution is -0.140. The number of aliphatic carboxylic acids is 1. The molecule has 1 fully saturated rings. The highest BCUT2D eigenvalue weighted by atomic mass is 35.5. The van der Waals surface area contributed by atoms with Gasteiger partial charge in [-0.15, -0.1) is 0 Å². The van der Waals surface area contributed by atoms with Crippen LogP contribution in [-0.2, 0) is 32.5 Å². The Morgan fingerprint density at radius 3 is 2.14 bits per heavy atom. The number of carboxylic acids is 1. The summed E-state index contributed by atoms with van der Waals surface area (Å²) in [6, 6.07) is 17.9. The molecule has 0 unspecified atom stereocenters. The molecule has 3 aromatic rings. The van der Waals surface area contributed by atoms with E-state index in [-0.39, 0.29) is 30.1 Å². The number of ketones is 1. The van der Waals surface area contributed by atoms with E-state index in [1.54, 1.807) is 30.3 Å². The maximum atomic E-state index is 12.9. The van der Waals surface area contributed by atoms with Gasteiger partial charge in [-0.3, -0.25) is 9.59 Å². The lowest BCUT2D eigenvalue weighted by Gasteiger charge is -2.21. The van der Waals surface area contributed by atoms with Gasteiger partial charge in [0.25, 0.3) is 0 Å². The highest BCUT2D eigenvalue weighted by Crippen LogP contribution is 2.28. The van der Waals surface area contributed by atoms with Crippen LogP contribution in [0.15, 0.2) is 71.6 Å². The van der Waals surface area contributed by atoms with Crippen molar-refractivity contribution in [2.24, 2.45) is 0 Å². The van der Waals surface area contributed by atoms with Crippen LogP contribution in [0.5, 0.6) is 0 Å². The summed E-state index contributed by atoms with van der Waals surface area (Å²) in [6.07, 6.45) is 1.31. The van der Waals surface area contributed by atoms with Crippen molar-refractivity contribution in [1.29, 1.82) is 0 Å². The second-order valence-electron chi connectivity index (χ2n) is 8.46. The van der Waals surface area contributed by atoms with E-state index in [1.165, 1.54) is 12.1 Å². The number of hydrogen-bond acceptors (Lipinski definition) is 4. The van der Waals surface area contributed by atoms with Crippen molar-refractivity contribution in [2.75, 3.05) is 6.54 Å². The molecule has 1 N–H and O–H groups in total. The predicted octanol–water partition coefficient (Wildman–Crippen LogP) is 5.25. The molecule has 1 saturated heterocycles. The summed E-state index contributed by atoms with van der Waals surface area (Å²) in [5, 5.41) is 10.3. The zero-order valence-corrected chi connectivity index (χ0v) is 21.0. The van der Waals surface area contributed by atoms with Gasteiger partial charge < -0.3 is 5.11 Å². The number of carboxylic acid groups (broad SMARTS) is 1. The van der Waals surface area contributed by atoms with Crippen molar-refractivity contribution < 1.29 is 23.1 Å². The molecular formula is C26H23Cl2NO5S. The number of carbonyl (C=O) groups excluding carboxylic acids is 1. The smallest absolute Gasteiger partial charge is 0.322 e. The van der Waals surface area contributed by atoms with Gasteiger partial charge in [-0.1, -0.05) is 65.7 Å². The molecule has 0 spiro atoms. The zero-order chi connectivity index (χ0) is 25.2. The van der Waals surface area contributed by atoms with Crippen molar-refractivity contribution in [3.8, 4) is 11.1 Å². The number of nitrogens with zero attached hydrogens (tertiary/aromatic N) is 1. The van der Waals surface area contributed by atoms with Crippen LogP contribution in [0, 0.1) is 0 Å². The fraction of sp³-hybridized carbons (Fsp3) is 0.231. The first-order chi connectivity index (χ1) is 16.6. The summed E-state index contributed by atoms with van der Waals surface area (Å²) in [5.74, 6) is -1.10. The number of hydrogen-bond donors (Lipinski definition) is 1. The summed E-state index contributed by atoms with van der Waals surface area (Å²) in [7, 11) is -3.89. The highest BCUT2D eigenvalue weighted by molar-refractivity contribution is 7.89. The Bertz CT molecular complexity index is 1360. The number of halogens is 2. The summed E-state index contributed by atoms with van der Waals surface area (Å²) in [5.41, 5.74) is 3.27. The molecule has 9 heteroatoms. The van der Waals surface area contributed by atoms with Crippen LogP contribution in [0.3, 0.4) is 0 Å². The Kier molecular flexibility index (Phi) is 7.62. The van der Waals surface area contributed by atoms with Crippen LogP contribution in [0.25, 0.3) is 11.1 Å². The Morgan fingerprint density at radius 1 is 0.914 bits per heavy atom. The van der Waals surface area contributed by atoms with Gasteiger partial charge >= 0.3 is 5.97 Å². The topological polar surface area (TPSA) is 91.8 Å². The third kappa shape index (κ3) is 5.76. The molecular weight excluding hydrogens is 509 g/mol. The van der Waals surface area contributed by atoms with Gasteiger partial charge in [-0.05, 0) is 59.4 Å². The van der Waals surface area contributed by atoms with Crippen LogP contribution >= 0.6 is 23.2 Å². The van der Waals surface area contributed by atoms with Crippen LogP contribution in [0.4, 0.5) is 0 Å². The third-order valence-corrected chi connectivity index (χ3v) is 8.55. The van der Waals surface area contributed by atoms with Crippen LogP contribution < -0.4 is 0 Å². The Balaban J connectivity index is 1.43. The first-order valence-electron chi connectivity index (χ1n) is 11.0. The number of rotatable bonds is 8. The summed E-state index contributed by atoms with van der Waals surface area (Å²) in [6.45, 7) is 0.200. The van der Waals surface area contributed by atoms with Crippen LogP contribution in [0.2, 0.25) is 10.0 Å². The summed E-state index contributed by atoms with van der Waals surface area (Å²) >= 11 is 12.1. The van der Waals surface area contributed by atoms with Gasteiger partial charge in [0, 0.05) is 29.4 Å². The molecule has 4 rings (SSSR count). The van der Waals surface area contributed by atoms with Gasteiger partial charge in [-0.25, -0.2) is 8.42 Å². The molecule has 0 bridgehead atoms. The van der Waals surface area contributed by atoms with Crippen LogP contribution in [-0.4, -0.2) is 42.2 Å². The number of sulfonamides is 1. The highest BCUT2D eigenvalue weighted by Gasteiger charge is 2.39. The van der Waals surface area contributed by atoms with E-state index in [0.29, 0.717) is 22.9 Å². The Hall–Kier alpha value is -2.71. The Morgan fingerprint density at radius 2 is 1.54 bits per heavy atom. The number of benzene rings is 3. The van der Waals surface area contributed by atoms with Gasteiger partial charge in [0.05, 0.1) is 4.90 Å². The molecule has 0 amide bonds. The second-order valence-corrected chi connectivity index (χ2v) is 11.2. The SMILES string of the molecule is O=C(Cc1ccc(-c2ccc(S(=O)(=O)N3CCC[C@H]3C(=O)O)cc2)cc1)Cc1ccc(Cl)cc1Cl. The maximum Gasteiger partial charge on any atom is 0.322 e. The molecule has 3 aromatic carbocycles. The molecule has 1 aliphatic heterocycles. The van der Waals surface area contributed by atoms with Gasteiger partial charge in [0.1, 0.15) is 11.8 Å². The van der Waals surface area contributed by atoms with E-state index in [4.69, 9.17) is 23.2 Å². The average molecular weight is 532 g/mol. The van der Waals surface area contributed by atoms with Gasteiger partial charge in [0.2, 0.25) is 10.0 Å². The lowest BCUT2D eigenvalue weighted by atomic mass is 9.99. The molecule has 0 radical (unpaired) electrons. The van der Waals surface area contributed by atoms with Crippen molar-refractivity contribution in [3.63, 3.8) is 0 Å². The molecule has 182 valence electrons. The second kappa shape index (κ2) is 10.5. The molecule has 35 heavy (non-hydrogen) atoms. The van der Waals surface area contributed by atoms with Crippen LogP contribution in [0.1, 0.15) is 24.0 Å². The molecule has 0 aromatic heterocycles. The normalized spacial score (nSPS) is 16.3. The first-order valence-corrected chi connectivity index (χ1v) is 13.2. The molecule has 0 saturated carbocycles. The summed E-state index contributed by atoms with van der Waals surface area (Å²) in [4.78, 5) is 24.0. The van der Waals surface area contributed by atoms with Crippen molar-refractivity contribution in [3.05, 3.63) is 87.9 Å². The summed E-state index contributed by atoms with van der Waals surface area (Å²) < 4.78 is 26.9. The predicted molar refractivity (Wildman–Crippen MR) is 135 cm³/mol. The van der Waals surface area contributed by atoms with E-state index < -0.39 is 22.0 Å². The van der Waals surface area contributed by atoms with E-state index >= 15 is 0 Å². The lowest BCUT2D eigenvalue weighted by Crippen LogP contribution is -2.40. The number of carbonyl (C=O) groups is 2. The molecule has 1 atom stereocenters. The molecule has 0 aliphatic carbocycles. The minimum absolute atomic E-state index is 0.0260. The standard InChI is InChI=1S/C26H23Cl2NO5S/c27-21-10-7-20(24(28)16-21)15-22(30)14-17-3-5-18(6-4-17)19-8-11-23(12-9-19)35(33,34)29-13-1-2-25(29)26(31)32/h3-12,16,25H,1-2,13-15H2,(H,31,32)/t25-/m0/s1. The molecule has 1 heterocycles. The molecule has 6 nitrogen and oxygen atoms in total. The van der Waals surface area contributed by atoms with E-state index in [1.807, 2.05) is 24.3 Å².